The third kappa shape index (κ3) is 4.42. The number of fused-ring (bicyclic) bond motifs is 1. The largest absolute Gasteiger partial charge is 0.320 e. The number of amides is 2. The minimum atomic E-state index is -0.417. The predicted molar refractivity (Wildman–Crippen MR) is 119 cm³/mol. The van der Waals surface area contributed by atoms with Crippen molar-refractivity contribution in [2.45, 2.75) is 0 Å². The van der Waals surface area contributed by atoms with E-state index in [1.807, 2.05) is 54.6 Å². The van der Waals surface area contributed by atoms with Gasteiger partial charge < -0.3 is 10.6 Å². The van der Waals surface area contributed by atoms with E-state index in [-0.39, 0.29) is 11.6 Å². The van der Waals surface area contributed by atoms with E-state index in [9.17, 15) is 9.59 Å². The zero-order valence-electron chi connectivity index (χ0n) is 16.1. The topological polar surface area (TPSA) is 71.1 Å². The molecule has 0 spiro atoms. The highest BCUT2D eigenvalue weighted by Gasteiger charge is 2.16. The number of carbonyl (C=O) groups excluding carboxylic acids is 2. The minimum Gasteiger partial charge on any atom is -0.320 e. The third-order valence-corrected chi connectivity index (χ3v) is 4.56. The van der Waals surface area contributed by atoms with Crippen LogP contribution in [0.4, 0.5) is 5.69 Å². The Morgan fingerprint density at radius 2 is 1.57 bits per heavy atom. The monoisotopic (exact) mass is 393 g/mol. The van der Waals surface area contributed by atoms with Crippen molar-refractivity contribution in [2.75, 3.05) is 5.32 Å². The number of hydrogen-bond acceptors (Lipinski definition) is 3. The van der Waals surface area contributed by atoms with Crippen LogP contribution in [0.2, 0.25) is 0 Å². The Balaban J connectivity index is 1.65. The molecule has 0 aliphatic carbocycles. The molecule has 4 aromatic rings. The molecule has 0 radical (unpaired) electrons. The van der Waals surface area contributed by atoms with E-state index in [0.717, 1.165) is 10.8 Å². The third-order valence-electron chi connectivity index (χ3n) is 4.56. The van der Waals surface area contributed by atoms with Gasteiger partial charge in [-0.1, -0.05) is 60.7 Å². The van der Waals surface area contributed by atoms with E-state index in [0.29, 0.717) is 16.8 Å². The minimum absolute atomic E-state index is 0.129. The quantitative estimate of drug-likeness (QED) is 0.485. The van der Waals surface area contributed by atoms with Gasteiger partial charge in [0.2, 0.25) is 0 Å². The molecule has 0 atom stereocenters. The fraction of sp³-hybridized carbons (Fsp3) is 0. The number of hydrogen-bond donors (Lipinski definition) is 2. The summed E-state index contributed by atoms with van der Waals surface area (Å²) < 4.78 is 0. The van der Waals surface area contributed by atoms with Crippen molar-refractivity contribution in [3.8, 4) is 0 Å². The van der Waals surface area contributed by atoms with Crippen molar-refractivity contribution in [3.63, 3.8) is 0 Å². The van der Waals surface area contributed by atoms with Gasteiger partial charge in [0.15, 0.2) is 0 Å². The number of anilines is 1. The molecule has 146 valence electrons. The lowest BCUT2D eigenvalue weighted by Gasteiger charge is -2.13. The summed E-state index contributed by atoms with van der Waals surface area (Å²) in [4.78, 5) is 29.9. The summed E-state index contributed by atoms with van der Waals surface area (Å²) in [7, 11) is 0. The Morgan fingerprint density at radius 1 is 0.800 bits per heavy atom. The number of benzene rings is 3. The Bertz CT molecular complexity index is 1210. The van der Waals surface area contributed by atoms with Crippen LogP contribution in [-0.2, 0) is 4.79 Å². The average Bonchev–Trinajstić information content (AvgIpc) is 2.80. The van der Waals surface area contributed by atoms with Gasteiger partial charge in [0.25, 0.3) is 11.8 Å². The molecular weight excluding hydrogens is 374 g/mol. The summed E-state index contributed by atoms with van der Waals surface area (Å²) in [5, 5.41) is 7.59. The SMILES string of the molecule is O=C(Nc1cccc2ccccc12)C(=Cc1cccnc1)NC(=O)c1ccccc1. The summed E-state index contributed by atoms with van der Waals surface area (Å²) in [6, 6.07) is 25.8. The lowest BCUT2D eigenvalue weighted by Crippen LogP contribution is -2.30. The van der Waals surface area contributed by atoms with Crippen molar-refractivity contribution in [1.29, 1.82) is 0 Å². The molecule has 0 aliphatic heterocycles. The molecule has 2 N–H and O–H groups in total. The molecule has 4 rings (SSSR count). The maximum atomic E-state index is 13.1. The number of rotatable bonds is 5. The zero-order chi connectivity index (χ0) is 20.8. The summed E-state index contributed by atoms with van der Waals surface area (Å²) >= 11 is 0. The Hall–Kier alpha value is -4.25. The Kier molecular flexibility index (Phi) is 5.62. The summed E-state index contributed by atoms with van der Waals surface area (Å²) in [5.74, 6) is -0.779. The van der Waals surface area contributed by atoms with Gasteiger partial charge in [0.05, 0.1) is 0 Å². The van der Waals surface area contributed by atoms with Crippen LogP contribution in [0.25, 0.3) is 16.8 Å². The molecule has 0 saturated carbocycles. The average molecular weight is 393 g/mol. The fourth-order valence-corrected chi connectivity index (χ4v) is 3.09. The highest BCUT2D eigenvalue weighted by Crippen LogP contribution is 2.23. The van der Waals surface area contributed by atoms with Crippen molar-refractivity contribution in [1.82, 2.24) is 10.3 Å². The highest BCUT2D eigenvalue weighted by atomic mass is 16.2. The standard InChI is InChI=1S/C25H19N3O2/c29-24(20-10-2-1-3-11-20)28-23(16-18-8-7-15-26-17-18)25(30)27-22-14-6-12-19-9-4-5-13-21(19)22/h1-17H,(H,27,30)(H,28,29). The molecule has 2 amide bonds. The van der Waals surface area contributed by atoms with Gasteiger partial charge in [0, 0.05) is 29.0 Å². The molecule has 0 bridgehead atoms. The van der Waals surface area contributed by atoms with Gasteiger partial charge in [0.1, 0.15) is 5.70 Å². The highest BCUT2D eigenvalue weighted by molar-refractivity contribution is 6.13. The Labute approximate surface area is 174 Å². The van der Waals surface area contributed by atoms with Crippen LogP contribution in [0.15, 0.2) is 103 Å². The van der Waals surface area contributed by atoms with Crippen LogP contribution in [0.1, 0.15) is 15.9 Å². The molecule has 3 aromatic carbocycles. The van der Waals surface area contributed by atoms with Gasteiger partial charge in [-0.2, -0.15) is 0 Å². The van der Waals surface area contributed by atoms with Gasteiger partial charge in [-0.05, 0) is 41.3 Å². The van der Waals surface area contributed by atoms with Crippen LogP contribution < -0.4 is 10.6 Å². The number of carbonyl (C=O) groups is 2. The first kappa shape index (κ1) is 19.1. The lowest BCUT2D eigenvalue weighted by atomic mass is 10.1. The van der Waals surface area contributed by atoms with E-state index < -0.39 is 5.91 Å². The first-order valence-electron chi connectivity index (χ1n) is 9.48. The zero-order valence-corrected chi connectivity index (χ0v) is 16.1. The molecule has 0 unspecified atom stereocenters. The molecule has 5 heteroatoms. The van der Waals surface area contributed by atoms with E-state index >= 15 is 0 Å². The smallest absolute Gasteiger partial charge is 0.272 e. The number of aromatic nitrogens is 1. The molecule has 5 nitrogen and oxygen atoms in total. The lowest BCUT2D eigenvalue weighted by molar-refractivity contribution is -0.113. The molecule has 1 aromatic heterocycles. The normalized spacial score (nSPS) is 11.1. The first-order chi connectivity index (χ1) is 14.7. The molecule has 0 aliphatic rings. The molecule has 1 heterocycles. The van der Waals surface area contributed by atoms with Crippen LogP contribution in [0, 0.1) is 0 Å². The van der Waals surface area contributed by atoms with Crippen molar-refractivity contribution >= 4 is 34.4 Å². The second-order valence-corrected chi connectivity index (χ2v) is 6.65. The second-order valence-electron chi connectivity index (χ2n) is 6.65. The van der Waals surface area contributed by atoms with Crippen LogP contribution >= 0.6 is 0 Å². The van der Waals surface area contributed by atoms with Crippen LogP contribution in [0.5, 0.6) is 0 Å². The first-order valence-corrected chi connectivity index (χ1v) is 9.48. The van der Waals surface area contributed by atoms with Crippen LogP contribution in [0.3, 0.4) is 0 Å². The van der Waals surface area contributed by atoms with E-state index in [1.165, 1.54) is 0 Å². The van der Waals surface area contributed by atoms with Crippen molar-refractivity contribution < 1.29 is 9.59 Å². The number of nitrogens with one attached hydrogen (secondary N) is 2. The maximum absolute atomic E-state index is 13.1. The Morgan fingerprint density at radius 3 is 2.37 bits per heavy atom. The van der Waals surface area contributed by atoms with Gasteiger partial charge in [-0.3, -0.25) is 14.6 Å². The van der Waals surface area contributed by atoms with Crippen molar-refractivity contribution in [2.24, 2.45) is 0 Å². The predicted octanol–water partition coefficient (Wildman–Crippen LogP) is 4.64. The van der Waals surface area contributed by atoms with Gasteiger partial charge in [-0.25, -0.2) is 0 Å². The van der Waals surface area contributed by atoms with E-state index in [1.54, 1.807) is 48.8 Å². The summed E-state index contributed by atoms with van der Waals surface area (Å²) in [5.41, 5.74) is 1.97. The summed E-state index contributed by atoms with van der Waals surface area (Å²) in [6.07, 6.45) is 4.88. The van der Waals surface area contributed by atoms with Crippen LogP contribution in [-0.4, -0.2) is 16.8 Å². The van der Waals surface area contributed by atoms with E-state index in [2.05, 4.69) is 15.6 Å². The number of nitrogens with zero attached hydrogens (tertiary/aromatic N) is 1. The molecule has 30 heavy (non-hydrogen) atoms. The molecule has 0 fully saturated rings. The van der Waals surface area contributed by atoms with Gasteiger partial charge >= 0.3 is 0 Å². The molecule has 0 saturated heterocycles. The van der Waals surface area contributed by atoms with Gasteiger partial charge in [-0.15, -0.1) is 0 Å². The van der Waals surface area contributed by atoms with Crippen molar-refractivity contribution in [3.05, 3.63) is 114 Å². The second kappa shape index (κ2) is 8.84. The number of pyridine rings is 1. The summed E-state index contributed by atoms with van der Waals surface area (Å²) in [6.45, 7) is 0. The molecular formula is C25H19N3O2. The fourth-order valence-electron chi connectivity index (χ4n) is 3.09. The van der Waals surface area contributed by atoms with E-state index in [4.69, 9.17) is 0 Å². The maximum Gasteiger partial charge on any atom is 0.272 e.